The van der Waals surface area contributed by atoms with E-state index in [0.717, 1.165) is 25.9 Å². The van der Waals surface area contributed by atoms with Crippen LogP contribution in [0.5, 0.6) is 0 Å². The summed E-state index contributed by atoms with van der Waals surface area (Å²) in [4.78, 5) is 16.6. The van der Waals surface area contributed by atoms with Crippen LogP contribution in [0.1, 0.15) is 23.2 Å². The number of hydrogen-bond donors (Lipinski definition) is 0. The van der Waals surface area contributed by atoms with E-state index in [1.165, 1.54) is 11.3 Å². The maximum Gasteiger partial charge on any atom is 0.179 e. The fraction of sp³-hybridized carbons (Fsp3) is 0.615. The van der Waals surface area contributed by atoms with E-state index in [4.69, 9.17) is 23.2 Å². The lowest BCUT2D eigenvalue weighted by atomic mass is 10.0. The molecule has 0 aromatic carbocycles. The molecule has 0 spiro atoms. The van der Waals surface area contributed by atoms with Gasteiger partial charge in [0.05, 0.1) is 16.4 Å². The van der Waals surface area contributed by atoms with Crippen molar-refractivity contribution in [2.45, 2.75) is 18.9 Å². The van der Waals surface area contributed by atoms with Gasteiger partial charge >= 0.3 is 0 Å². The molecule has 0 N–H and O–H groups in total. The van der Waals surface area contributed by atoms with Gasteiger partial charge in [-0.25, -0.2) is 0 Å². The highest BCUT2D eigenvalue weighted by Gasteiger charge is 2.23. The number of thiophene rings is 1. The topological polar surface area (TPSA) is 23.6 Å². The molecule has 1 aromatic heterocycles. The van der Waals surface area contributed by atoms with Crippen LogP contribution in [0.15, 0.2) is 6.07 Å². The minimum absolute atomic E-state index is 0.0662. The lowest BCUT2D eigenvalue weighted by Gasteiger charge is -2.34. The fourth-order valence-corrected chi connectivity index (χ4v) is 3.91. The van der Waals surface area contributed by atoms with Crippen LogP contribution in [-0.2, 0) is 0 Å². The second-order valence-corrected chi connectivity index (χ2v) is 7.42. The molecule has 1 aliphatic heterocycles. The number of hydrogen-bond acceptors (Lipinski definition) is 4. The summed E-state index contributed by atoms with van der Waals surface area (Å²) in [7, 11) is 4.22. The van der Waals surface area contributed by atoms with Crippen LogP contribution in [0.3, 0.4) is 0 Å². The van der Waals surface area contributed by atoms with E-state index in [9.17, 15) is 4.79 Å². The molecule has 0 unspecified atom stereocenters. The zero-order valence-corrected chi connectivity index (χ0v) is 13.5. The molecule has 19 heavy (non-hydrogen) atoms. The lowest BCUT2D eigenvalue weighted by Crippen LogP contribution is -2.43. The predicted octanol–water partition coefficient (Wildman–Crippen LogP) is 3.26. The third kappa shape index (κ3) is 3.92. The summed E-state index contributed by atoms with van der Waals surface area (Å²) in [6.07, 6.45) is 2.22. The standard InChI is InChI=1S/C13H18Cl2N2OS/c1-16(2)9-3-5-17(6-4-9)8-11(18)10-7-12(14)19-13(10)15/h7,9H,3-6,8H2,1-2H3. The molecule has 0 atom stereocenters. The molecular weight excluding hydrogens is 303 g/mol. The summed E-state index contributed by atoms with van der Waals surface area (Å²) >= 11 is 13.1. The Labute approximate surface area is 128 Å². The Balaban J connectivity index is 1.89. The minimum Gasteiger partial charge on any atom is -0.306 e. The van der Waals surface area contributed by atoms with Gasteiger partial charge in [-0.2, -0.15) is 0 Å². The van der Waals surface area contributed by atoms with Gasteiger partial charge < -0.3 is 4.90 Å². The number of carbonyl (C=O) groups excluding carboxylic acids is 1. The summed E-state index contributed by atoms with van der Waals surface area (Å²) in [6.45, 7) is 2.36. The molecule has 6 heteroatoms. The van der Waals surface area contributed by atoms with Crippen LogP contribution in [0.25, 0.3) is 0 Å². The largest absolute Gasteiger partial charge is 0.306 e. The highest BCUT2D eigenvalue weighted by molar-refractivity contribution is 7.20. The molecule has 0 saturated carbocycles. The first-order valence-electron chi connectivity index (χ1n) is 6.34. The molecule has 2 heterocycles. The van der Waals surface area contributed by atoms with Gasteiger partial charge in [-0.15, -0.1) is 11.3 Å². The van der Waals surface area contributed by atoms with Gasteiger partial charge in [0, 0.05) is 19.1 Å². The summed E-state index contributed by atoms with van der Waals surface area (Å²) in [5.41, 5.74) is 0.561. The molecular formula is C13H18Cl2N2OS. The Kier molecular flexibility index (Phi) is 5.26. The van der Waals surface area contributed by atoms with Crippen LogP contribution in [0, 0.1) is 0 Å². The number of nitrogens with zero attached hydrogens (tertiary/aromatic N) is 2. The van der Waals surface area contributed by atoms with Crippen LogP contribution < -0.4 is 0 Å². The smallest absolute Gasteiger partial charge is 0.179 e. The SMILES string of the molecule is CN(C)C1CCN(CC(=O)c2cc(Cl)sc2Cl)CC1. The van der Waals surface area contributed by atoms with Crippen molar-refractivity contribution >= 4 is 40.3 Å². The molecule has 2 rings (SSSR count). The van der Waals surface area contributed by atoms with E-state index < -0.39 is 0 Å². The molecule has 3 nitrogen and oxygen atoms in total. The quantitative estimate of drug-likeness (QED) is 0.795. The first kappa shape index (κ1) is 15.3. The number of piperidine rings is 1. The Morgan fingerprint density at radius 1 is 1.42 bits per heavy atom. The maximum absolute atomic E-state index is 12.2. The number of rotatable bonds is 4. The average Bonchev–Trinajstić information content (AvgIpc) is 2.69. The van der Waals surface area contributed by atoms with E-state index in [1.807, 2.05) is 0 Å². The van der Waals surface area contributed by atoms with Crippen molar-refractivity contribution in [3.05, 3.63) is 20.3 Å². The molecule has 1 aliphatic rings. The summed E-state index contributed by atoms with van der Waals surface area (Å²) in [5, 5.41) is 0. The Morgan fingerprint density at radius 2 is 2.05 bits per heavy atom. The third-order valence-electron chi connectivity index (χ3n) is 3.61. The van der Waals surface area contributed by atoms with Crippen LogP contribution in [-0.4, -0.2) is 55.4 Å². The molecule has 0 bridgehead atoms. The zero-order valence-electron chi connectivity index (χ0n) is 11.2. The number of likely N-dealkylation sites (tertiary alicyclic amines) is 1. The highest BCUT2D eigenvalue weighted by Crippen LogP contribution is 2.31. The average molecular weight is 321 g/mol. The van der Waals surface area contributed by atoms with Crippen molar-refractivity contribution in [1.82, 2.24) is 9.80 Å². The van der Waals surface area contributed by atoms with Crippen molar-refractivity contribution in [3.63, 3.8) is 0 Å². The van der Waals surface area contributed by atoms with E-state index in [0.29, 0.717) is 26.8 Å². The number of carbonyl (C=O) groups is 1. The number of halogens is 2. The van der Waals surface area contributed by atoms with Gasteiger partial charge in [-0.1, -0.05) is 23.2 Å². The van der Waals surface area contributed by atoms with Gasteiger partial charge in [-0.05, 0) is 33.0 Å². The zero-order chi connectivity index (χ0) is 14.0. The first-order chi connectivity index (χ1) is 8.97. The third-order valence-corrected chi connectivity index (χ3v) is 5.10. The first-order valence-corrected chi connectivity index (χ1v) is 7.91. The summed E-state index contributed by atoms with van der Waals surface area (Å²) in [6, 6.07) is 2.30. The second-order valence-electron chi connectivity index (χ2n) is 5.13. The van der Waals surface area contributed by atoms with E-state index in [2.05, 4.69) is 23.9 Å². The van der Waals surface area contributed by atoms with Crippen molar-refractivity contribution in [1.29, 1.82) is 0 Å². The van der Waals surface area contributed by atoms with Crippen LogP contribution in [0.2, 0.25) is 8.67 Å². The summed E-state index contributed by atoms with van der Waals surface area (Å²) < 4.78 is 1.07. The summed E-state index contributed by atoms with van der Waals surface area (Å²) in [5.74, 6) is 0.0662. The highest BCUT2D eigenvalue weighted by atomic mass is 35.5. The number of ketones is 1. The van der Waals surface area contributed by atoms with Crippen LogP contribution >= 0.6 is 34.5 Å². The van der Waals surface area contributed by atoms with Crippen LogP contribution in [0.4, 0.5) is 0 Å². The monoisotopic (exact) mass is 320 g/mol. The second kappa shape index (κ2) is 6.55. The van der Waals surface area contributed by atoms with Crippen molar-refractivity contribution in [3.8, 4) is 0 Å². The Bertz CT molecular complexity index is 453. The molecule has 0 aliphatic carbocycles. The Morgan fingerprint density at radius 3 is 2.53 bits per heavy atom. The van der Waals surface area contributed by atoms with Gasteiger partial charge in [0.1, 0.15) is 4.34 Å². The van der Waals surface area contributed by atoms with Gasteiger partial charge in [0.2, 0.25) is 0 Å². The van der Waals surface area contributed by atoms with Crippen molar-refractivity contribution in [2.75, 3.05) is 33.7 Å². The maximum atomic E-state index is 12.2. The fourth-order valence-electron chi connectivity index (χ4n) is 2.41. The predicted molar refractivity (Wildman–Crippen MR) is 81.8 cm³/mol. The molecule has 106 valence electrons. The Hall–Kier alpha value is -0.130. The van der Waals surface area contributed by atoms with Crippen molar-refractivity contribution in [2.24, 2.45) is 0 Å². The van der Waals surface area contributed by atoms with Crippen molar-refractivity contribution < 1.29 is 4.79 Å². The molecule has 1 fully saturated rings. The van der Waals surface area contributed by atoms with Gasteiger partial charge in [0.15, 0.2) is 5.78 Å². The molecule has 0 radical (unpaired) electrons. The molecule has 0 amide bonds. The lowest BCUT2D eigenvalue weighted by molar-refractivity contribution is 0.0874. The minimum atomic E-state index is 0.0662. The number of Topliss-reactive ketones (excluding diaryl/α,β-unsaturated/α-hetero) is 1. The van der Waals surface area contributed by atoms with E-state index >= 15 is 0 Å². The van der Waals surface area contributed by atoms with Gasteiger partial charge in [0.25, 0.3) is 0 Å². The van der Waals surface area contributed by atoms with Gasteiger partial charge in [-0.3, -0.25) is 9.69 Å². The normalized spacial score (nSPS) is 18.2. The van der Waals surface area contributed by atoms with E-state index in [1.54, 1.807) is 6.07 Å². The van der Waals surface area contributed by atoms with E-state index in [-0.39, 0.29) is 5.78 Å². The molecule has 1 aromatic rings. The molecule has 1 saturated heterocycles.